The largest absolute Gasteiger partial charge is 0.484 e. The van der Waals surface area contributed by atoms with Crippen LogP contribution < -0.4 is 4.74 Å². The van der Waals surface area contributed by atoms with Crippen molar-refractivity contribution < 1.29 is 26.8 Å². The normalized spacial score (nSPS) is 15.8. The number of hydrazone groups is 1. The number of hydrogen-bond donors (Lipinski definition) is 0. The van der Waals surface area contributed by atoms with Crippen LogP contribution in [0.15, 0.2) is 115 Å². The first-order valence-corrected chi connectivity index (χ1v) is 12.0. The van der Waals surface area contributed by atoms with Crippen molar-refractivity contribution in [3.63, 3.8) is 0 Å². The minimum Gasteiger partial charge on any atom is -0.484 e. The number of rotatable bonds is 7. The number of amides is 1. The van der Waals surface area contributed by atoms with Gasteiger partial charge in [0.15, 0.2) is 6.61 Å². The van der Waals surface area contributed by atoms with Gasteiger partial charge in [-0.1, -0.05) is 18.2 Å². The van der Waals surface area contributed by atoms with Crippen LogP contribution in [0.1, 0.15) is 24.0 Å². The standard InChI is InChI=1S/C25H20N2O6S/c28-25(27-22(24-9-5-15-32-24)16-21(26-27)23-8-4-14-31-23)17-33-18-10-12-20(13-11-18)34(29,30)19-6-2-1-3-7-19/h1-15,22H,16-17H2. The Hall–Kier alpha value is -4.11. The molecule has 34 heavy (non-hydrogen) atoms. The molecule has 0 N–H and O–H groups in total. The van der Waals surface area contributed by atoms with E-state index in [0.717, 1.165) is 0 Å². The predicted octanol–water partition coefficient (Wildman–Crippen LogP) is 4.46. The summed E-state index contributed by atoms with van der Waals surface area (Å²) in [6, 6.07) is 20.8. The van der Waals surface area contributed by atoms with Gasteiger partial charge in [0.05, 0.1) is 22.3 Å². The Morgan fingerprint density at radius 2 is 1.62 bits per heavy atom. The maximum absolute atomic E-state index is 13.0. The maximum atomic E-state index is 13.0. The van der Waals surface area contributed by atoms with E-state index >= 15 is 0 Å². The van der Waals surface area contributed by atoms with Gasteiger partial charge in [-0.05, 0) is 60.7 Å². The Balaban J connectivity index is 1.29. The summed E-state index contributed by atoms with van der Waals surface area (Å²) in [5.74, 6) is 1.19. The third kappa shape index (κ3) is 4.25. The van der Waals surface area contributed by atoms with Gasteiger partial charge in [-0.25, -0.2) is 13.4 Å². The first kappa shape index (κ1) is 21.7. The maximum Gasteiger partial charge on any atom is 0.281 e. The number of carbonyl (C=O) groups excluding carboxylic acids is 1. The molecule has 1 aliphatic heterocycles. The van der Waals surface area contributed by atoms with Gasteiger partial charge in [-0.15, -0.1) is 0 Å². The van der Waals surface area contributed by atoms with Crippen molar-refractivity contribution in [3.8, 4) is 5.75 Å². The Morgan fingerprint density at radius 3 is 2.29 bits per heavy atom. The molecule has 8 nitrogen and oxygen atoms in total. The molecule has 3 heterocycles. The van der Waals surface area contributed by atoms with Crippen LogP contribution in [0.25, 0.3) is 0 Å². The van der Waals surface area contributed by atoms with E-state index < -0.39 is 15.9 Å². The number of benzene rings is 2. The van der Waals surface area contributed by atoms with Crippen LogP contribution in [0.5, 0.6) is 5.75 Å². The van der Waals surface area contributed by atoms with Crippen molar-refractivity contribution in [2.24, 2.45) is 5.10 Å². The van der Waals surface area contributed by atoms with Gasteiger partial charge >= 0.3 is 0 Å². The minimum absolute atomic E-state index is 0.141. The molecule has 2 aromatic heterocycles. The van der Waals surface area contributed by atoms with Crippen molar-refractivity contribution in [2.45, 2.75) is 22.3 Å². The zero-order valence-corrected chi connectivity index (χ0v) is 18.7. The second-order valence-electron chi connectivity index (χ2n) is 7.57. The van der Waals surface area contributed by atoms with Crippen LogP contribution in [0, 0.1) is 0 Å². The van der Waals surface area contributed by atoms with Gasteiger partial charge in [0.1, 0.15) is 29.0 Å². The van der Waals surface area contributed by atoms with Crippen molar-refractivity contribution in [3.05, 3.63) is 103 Å². The summed E-state index contributed by atoms with van der Waals surface area (Å²) in [6.45, 7) is -0.281. The van der Waals surface area contributed by atoms with Crippen LogP contribution in [-0.4, -0.2) is 31.7 Å². The quantitative estimate of drug-likeness (QED) is 0.390. The molecule has 1 atom stereocenters. The summed E-state index contributed by atoms with van der Waals surface area (Å²) >= 11 is 0. The average Bonchev–Trinajstić information content (AvgIpc) is 3.64. The number of ether oxygens (including phenoxy) is 1. The summed E-state index contributed by atoms with van der Waals surface area (Å²) < 4.78 is 42.0. The Morgan fingerprint density at radius 1 is 0.912 bits per heavy atom. The lowest BCUT2D eigenvalue weighted by Crippen LogP contribution is -2.31. The smallest absolute Gasteiger partial charge is 0.281 e. The van der Waals surface area contributed by atoms with Gasteiger partial charge in [0.2, 0.25) is 9.84 Å². The zero-order valence-electron chi connectivity index (χ0n) is 17.9. The van der Waals surface area contributed by atoms with E-state index in [4.69, 9.17) is 13.6 Å². The van der Waals surface area contributed by atoms with Gasteiger partial charge in [0.25, 0.3) is 5.91 Å². The Bertz CT molecular complexity index is 1390. The minimum atomic E-state index is -3.63. The molecule has 0 spiro atoms. The summed E-state index contributed by atoms with van der Waals surface area (Å²) in [5.41, 5.74) is 0.634. The number of carbonyl (C=O) groups is 1. The van der Waals surface area contributed by atoms with Crippen LogP contribution >= 0.6 is 0 Å². The molecule has 0 aliphatic carbocycles. The van der Waals surface area contributed by atoms with E-state index in [1.165, 1.54) is 29.3 Å². The molecule has 4 aromatic rings. The molecular weight excluding hydrogens is 456 g/mol. The summed E-state index contributed by atoms with van der Waals surface area (Å²) in [7, 11) is -3.63. The van der Waals surface area contributed by atoms with Crippen LogP contribution in [0.2, 0.25) is 0 Å². The average molecular weight is 477 g/mol. The molecule has 0 radical (unpaired) electrons. The Kier molecular flexibility index (Phi) is 5.77. The lowest BCUT2D eigenvalue weighted by atomic mass is 10.1. The van der Waals surface area contributed by atoms with Crippen molar-refractivity contribution >= 4 is 21.5 Å². The highest BCUT2D eigenvalue weighted by Gasteiger charge is 2.35. The van der Waals surface area contributed by atoms with Crippen LogP contribution in [-0.2, 0) is 14.6 Å². The summed E-state index contributed by atoms with van der Waals surface area (Å²) in [6.07, 6.45) is 3.54. The molecule has 1 aliphatic rings. The number of hydrogen-bond acceptors (Lipinski definition) is 7. The predicted molar refractivity (Wildman–Crippen MR) is 122 cm³/mol. The van der Waals surface area contributed by atoms with Gasteiger partial charge in [0, 0.05) is 6.42 Å². The highest BCUT2D eigenvalue weighted by Crippen LogP contribution is 2.33. The van der Waals surface area contributed by atoms with Gasteiger partial charge < -0.3 is 13.6 Å². The molecule has 1 unspecified atom stereocenters. The molecule has 0 saturated carbocycles. The lowest BCUT2D eigenvalue weighted by molar-refractivity contribution is -0.135. The molecule has 0 fully saturated rings. The van der Waals surface area contributed by atoms with E-state index in [0.29, 0.717) is 29.4 Å². The fraction of sp³-hybridized carbons (Fsp3) is 0.120. The zero-order chi connectivity index (χ0) is 23.5. The van der Waals surface area contributed by atoms with E-state index in [-0.39, 0.29) is 22.3 Å². The third-order valence-electron chi connectivity index (χ3n) is 5.39. The van der Waals surface area contributed by atoms with Gasteiger partial charge in [-0.3, -0.25) is 4.79 Å². The second-order valence-corrected chi connectivity index (χ2v) is 9.52. The van der Waals surface area contributed by atoms with Crippen molar-refractivity contribution in [1.29, 1.82) is 0 Å². The summed E-state index contributed by atoms with van der Waals surface area (Å²) in [5, 5.41) is 5.79. The topological polar surface area (TPSA) is 102 Å². The van der Waals surface area contributed by atoms with Crippen molar-refractivity contribution in [2.75, 3.05) is 6.61 Å². The second kappa shape index (κ2) is 9.03. The molecule has 0 saturated heterocycles. The van der Waals surface area contributed by atoms with Gasteiger partial charge in [-0.2, -0.15) is 5.10 Å². The van der Waals surface area contributed by atoms with E-state index in [2.05, 4.69) is 5.10 Å². The SMILES string of the molecule is O=C(COc1ccc(S(=O)(=O)c2ccccc2)cc1)N1N=C(c2ccco2)CC1c1ccco1. The van der Waals surface area contributed by atoms with Crippen LogP contribution in [0.3, 0.4) is 0 Å². The Labute approximate surface area is 196 Å². The van der Waals surface area contributed by atoms with E-state index in [9.17, 15) is 13.2 Å². The lowest BCUT2D eigenvalue weighted by Gasteiger charge is -2.20. The van der Waals surface area contributed by atoms with E-state index in [1.807, 2.05) is 0 Å². The molecule has 2 aromatic carbocycles. The van der Waals surface area contributed by atoms with Crippen LogP contribution in [0.4, 0.5) is 0 Å². The monoisotopic (exact) mass is 476 g/mol. The molecule has 9 heteroatoms. The highest BCUT2D eigenvalue weighted by molar-refractivity contribution is 7.91. The number of nitrogens with zero attached hydrogens (tertiary/aromatic N) is 2. The fourth-order valence-electron chi connectivity index (χ4n) is 3.70. The van der Waals surface area contributed by atoms with E-state index in [1.54, 1.807) is 67.1 Å². The molecule has 5 rings (SSSR count). The fourth-order valence-corrected chi connectivity index (χ4v) is 4.98. The molecular formula is C25H20N2O6S. The number of sulfone groups is 1. The highest BCUT2D eigenvalue weighted by atomic mass is 32.2. The first-order valence-electron chi connectivity index (χ1n) is 10.5. The third-order valence-corrected chi connectivity index (χ3v) is 7.18. The summed E-state index contributed by atoms with van der Waals surface area (Å²) in [4.78, 5) is 13.3. The van der Waals surface area contributed by atoms with Crippen molar-refractivity contribution in [1.82, 2.24) is 5.01 Å². The molecule has 172 valence electrons. The number of furan rings is 2. The molecule has 1 amide bonds. The first-order chi connectivity index (χ1) is 16.5. The molecule has 0 bridgehead atoms.